The molecule has 0 aliphatic heterocycles. The third-order valence-corrected chi connectivity index (χ3v) is 3.42. The summed E-state index contributed by atoms with van der Waals surface area (Å²) < 4.78 is 0. The first kappa shape index (κ1) is 15.0. The van der Waals surface area contributed by atoms with Crippen molar-refractivity contribution < 1.29 is 5.11 Å². The lowest BCUT2D eigenvalue weighted by atomic mass is 10.1. The van der Waals surface area contributed by atoms with Gasteiger partial charge in [-0.1, -0.05) is 38.8 Å². The monoisotopic (exact) mass is 249 g/mol. The van der Waals surface area contributed by atoms with Crippen LogP contribution in [0.1, 0.15) is 52.0 Å². The molecule has 2 heteroatoms. The molecule has 1 aromatic carbocycles. The van der Waals surface area contributed by atoms with Crippen molar-refractivity contribution in [1.29, 1.82) is 0 Å². The standard InChI is InChI=1S/C16H27NO/c1-4-7-8-12-16(18)17(6-3)15-11-9-10-14(5-2)13-15/h9-11,13,16,18H,4-8,12H2,1-3H3. The summed E-state index contributed by atoms with van der Waals surface area (Å²) >= 11 is 0. The van der Waals surface area contributed by atoms with Gasteiger partial charge in [-0.25, -0.2) is 0 Å². The summed E-state index contributed by atoms with van der Waals surface area (Å²) in [4.78, 5) is 2.09. The number of hydrogen-bond donors (Lipinski definition) is 1. The number of anilines is 1. The molecule has 0 saturated carbocycles. The molecule has 0 bridgehead atoms. The van der Waals surface area contributed by atoms with Gasteiger partial charge in [0.2, 0.25) is 0 Å². The molecule has 1 N–H and O–H groups in total. The van der Waals surface area contributed by atoms with Gasteiger partial charge in [-0.3, -0.25) is 0 Å². The van der Waals surface area contributed by atoms with Crippen molar-refractivity contribution in [1.82, 2.24) is 0 Å². The van der Waals surface area contributed by atoms with Crippen molar-refractivity contribution in [2.45, 2.75) is 59.1 Å². The maximum Gasteiger partial charge on any atom is 0.126 e. The van der Waals surface area contributed by atoms with E-state index in [2.05, 4.69) is 49.9 Å². The Labute approximate surface area is 112 Å². The van der Waals surface area contributed by atoms with E-state index in [0.717, 1.165) is 31.5 Å². The van der Waals surface area contributed by atoms with Gasteiger partial charge in [-0.15, -0.1) is 0 Å². The van der Waals surface area contributed by atoms with Crippen molar-refractivity contribution in [2.24, 2.45) is 0 Å². The molecule has 0 amide bonds. The van der Waals surface area contributed by atoms with Gasteiger partial charge in [0.1, 0.15) is 6.23 Å². The quantitative estimate of drug-likeness (QED) is 0.556. The molecule has 0 fully saturated rings. The van der Waals surface area contributed by atoms with E-state index in [1.165, 1.54) is 18.4 Å². The van der Waals surface area contributed by atoms with Crippen LogP contribution in [0.25, 0.3) is 0 Å². The van der Waals surface area contributed by atoms with Gasteiger partial charge in [0.25, 0.3) is 0 Å². The minimum atomic E-state index is -0.353. The SMILES string of the molecule is CCCCCC(O)N(CC)c1cccc(CC)c1. The van der Waals surface area contributed by atoms with Crippen LogP contribution in [0.15, 0.2) is 24.3 Å². The van der Waals surface area contributed by atoms with Crippen LogP contribution in [-0.2, 0) is 6.42 Å². The fourth-order valence-corrected chi connectivity index (χ4v) is 2.25. The van der Waals surface area contributed by atoms with E-state index in [1.54, 1.807) is 0 Å². The second-order valence-electron chi connectivity index (χ2n) is 4.79. The third-order valence-electron chi connectivity index (χ3n) is 3.42. The highest BCUT2D eigenvalue weighted by Gasteiger charge is 2.14. The molecule has 1 atom stereocenters. The summed E-state index contributed by atoms with van der Waals surface area (Å²) in [6.45, 7) is 7.30. The predicted octanol–water partition coefficient (Wildman–Crippen LogP) is 3.97. The number of benzene rings is 1. The molecule has 0 aromatic heterocycles. The maximum absolute atomic E-state index is 10.3. The van der Waals surface area contributed by atoms with Crippen LogP contribution >= 0.6 is 0 Å². The second-order valence-corrected chi connectivity index (χ2v) is 4.79. The summed E-state index contributed by atoms with van der Waals surface area (Å²) in [5.74, 6) is 0. The molecule has 102 valence electrons. The smallest absolute Gasteiger partial charge is 0.126 e. The van der Waals surface area contributed by atoms with E-state index in [4.69, 9.17) is 0 Å². The van der Waals surface area contributed by atoms with Gasteiger partial charge in [-0.2, -0.15) is 0 Å². The Morgan fingerprint density at radius 2 is 1.94 bits per heavy atom. The average Bonchev–Trinajstić information content (AvgIpc) is 2.40. The highest BCUT2D eigenvalue weighted by Crippen LogP contribution is 2.20. The van der Waals surface area contributed by atoms with Crippen LogP contribution in [0.3, 0.4) is 0 Å². The maximum atomic E-state index is 10.3. The van der Waals surface area contributed by atoms with Crippen molar-refractivity contribution in [3.8, 4) is 0 Å². The van der Waals surface area contributed by atoms with Crippen molar-refractivity contribution >= 4 is 5.69 Å². The topological polar surface area (TPSA) is 23.5 Å². The fraction of sp³-hybridized carbons (Fsp3) is 0.625. The molecule has 0 radical (unpaired) electrons. The van der Waals surface area contributed by atoms with E-state index in [0.29, 0.717) is 0 Å². The summed E-state index contributed by atoms with van der Waals surface area (Å²) in [6.07, 6.45) is 5.04. The van der Waals surface area contributed by atoms with Gasteiger partial charge in [0.05, 0.1) is 0 Å². The molecular weight excluding hydrogens is 222 g/mol. The molecule has 0 aliphatic carbocycles. The first-order chi connectivity index (χ1) is 8.72. The Bertz CT molecular complexity index is 338. The average molecular weight is 249 g/mol. The molecule has 1 rings (SSSR count). The second kappa shape index (κ2) is 8.15. The van der Waals surface area contributed by atoms with E-state index >= 15 is 0 Å². The Hall–Kier alpha value is -1.02. The molecule has 0 heterocycles. The molecule has 0 spiro atoms. The number of hydrogen-bond acceptors (Lipinski definition) is 2. The van der Waals surface area contributed by atoms with Crippen LogP contribution in [-0.4, -0.2) is 17.9 Å². The Morgan fingerprint density at radius 3 is 2.56 bits per heavy atom. The zero-order valence-corrected chi connectivity index (χ0v) is 12.0. The van der Waals surface area contributed by atoms with Gasteiger partial charge < -0.3 is 10.0 Å². The largest absolute Gasteiger partial charge is 0.374 e. The Morgan fingerprint density at radius 1 is 1.17 bits per heavy atom. The zero-order chi connectivity index (χ0) is 13.4. The molecule has 0 saturated heterocycles. The van der Waals surface area contributed by atoms with Crippen LogP contribution in [0, 0.1) is 0 Å². The first-order valence-corrected chi connectivity index (χ1v) is 7.26. The lowest BCUT2D eigenvalue weighted by molar-refractivity contribution is 0.156. The summed E-state index contributed by atoms with van der Waals surface area (Å²) in [5, 5.41) is 10.3. The van der Waals surface area contributed by atoms with Crippen molar-refractivity contribution in [2.75, 3.05) is 11.4 Å². The van der Waals surface area contributed by atoms with Gasteiger partial charge in [-0.05, 0) is 43.9 Å². The molecule has 0 aliphatic rings. The van der Waals surface area contributed by atoms with E-state index in [1.807, 2.05) is 0 Å². The third kappa shape index (κ3) is 4.34. The van der Waals surface area contributed by atoms with Crippen LogP contribution in [0.2, 0.25) is 0 Å². The Balaban J connectivity index is 2.68. The number of aryl methyl sites for hydroxylation is 1. The van der Waals surface area contributed by atoms with Gasteiger partial charge >= 0.3 is 0 Å². The molecule has 1 unspecified atom stereocenters. The fourth-order valence-electron chi connectivity index (χ4n) is 2.25. The number of aliphatic hydroxyl groups is 1. The van der Waals surface area contributed by atoms with E-state index in [9.17, 15) is 5.11 Å². The summed E-state index contributed by atoms with van der Waals surface area (Å²) in [7, 11) is 0. The lowest BCUT2D eigenvalue weighted by Gasteiger charge is -2.29. The van der Waals surface area contributed by atoms with Gasteiger partial charge in [0, 0.05) is 12.2 Å². The predicted molar refractivity (Wildman–Crippen MR) is 79.0 cm³/mol. The van der Waals surface area contributed by atoms with Crippen LogP contribution in [0.5, 0.6) is 0 Å². The first-order valence-electron chi connectivity index (χ1n) is 7.26. The van der Waals surface area contributed by atoms with E-state index < -0.39 is 0 Å². The number of unbranched alkanes of at least 4 members (excludes halogenated alkanes) is 2. The number of rotatable bonds is 8. The summed E-state index contributed by atoms with van der Waals surface area (Å²) in [6, 6.07) is 8.49. The summed E-state index contributed by atoms with van der Waals surface area (Å²) in [5.41, 5.74) is 2.47. The highest BCUT2D eigenvalue weighted by molar-refractivity contribution is 5.49. The van der Waals surface area contributed by atoms with Crippen molar-refractivity contribution in [3.05, 3.63) is 29.8 Å². The minimum absolute atomic E-state index is 0.353. The highest BCUT2D eigenvalue weighted by atomic mass is 16.3. The lowest BCUT2D eigenvalue weighted by Crippen LogP contribution is -2.35. The molecule has 2 nitrogen and oxygen atoms in total. The molecule has 1 aromatic rings. The Kier molecular flexibility index (Phi) is 6.81. The van der Waals surface area contributed by atoms with E-state index in [-0.39, 0.29) is 6.23 Å². The minimum Gasteiger partial charge on any atom is -0.374 e. The van der Waals surface area contributed by atoms with Gasteiger partial charge in [0.15, 0.2) is 0 Å². The zero-order valence-electron chi connectivity index (χ0n) is 12.0. The van der Waals surface area contributed by atoms with Crippen molar-refractivity contribution in [3.63, 3.8) is 0 Å². The van der Waals surface area contributed by atoms with Crippen LogP contribution < -0.4 is 4.90 Å². The number of nitrogens with zero attached hydrogens (tertiary/aromatic N) is 1. The number of aliphatic hydroxyl groups excluding tert-OH is 1. The molecular formula is C16H27NO. The normalized spacial score (nSPS) is 12.4. The van der Waals surface area contributed by atoms with Crippen LogP contribution in [0.4, 0.5) is 5.69 Å². The molecule has 18 heavy (non-hydrogen) atoms.